The fourth-order valence-electron chi connectivity index (χ4n) is 1.06. The molecule has 0 amide bonds. The summed E-state index contributed by atoms with van der Waals surface area (Å²) in [4.78, 5) is 8.25. The number of hydrogen-bond acceptors (Lipinski definition) is 4. The Morgan fingerprint density at radius 1 is 1.55 bits per heavy atom. The van der Waals surface area contributed by atoms with Crippen LogP contribution >= 0.6 is 0 Å². The second-order valence-corrected chi connectivity index (χ2v) is 2.69. The van der Waals surface area contributed by atoms with Crippen molar-refractivity contribution in [3.05, 3.63) is 18.1 Å². The number of hydrogen-bond donors (Lipinski definition) is 2. The summed E-state index contributed by atoms with van der Waals surface area (Å²) in [5, 5.41) is 3.16. The molecule has 1 saturated heterocycles. The Labute approximate surface area is 64.8 Å². The third-order valence-corrected chi connectivity index (χ3v) is 1.84. The molecule has 4 nitrogen and oxygen atoms in total. The number of nitrogens with zero attached hydrogens (tertiary/aromatic N) is 2. The molecule has 0 saturated carbocycles. The highest BCUT2D eigenvalue weighted by atomic mass is 15.0. The van der Waals surface area contributed by atoms with E-state index in [1.807, 2.05) is 0 Å². The summed E-state index contributed by atoms with van der Waals surface area (Å²) >= 11 is 0. The highest BCUT2D eigenvalue weighted by Crippen LogP contribution is 2.15. The minimum atomic E-state index is 0.471. The molecule has 0 radical (unpaired) electrons. The number of nitrogen functional groups attached to an aromatic ring is 1. The van der Waals surface area contributed by atoms with Crippen molar-refractivity contribution in [3.63, 3.8) is 0 Å². The van der Waals surface area contributed by atoms with E-state index in [1.165, 1.54) is 0 Å². The van der Waals surface area contributed by atoms with Gasteiger partial charge in [0.15, 0.2) is 0 Å². The third-order valence-electron chi connectivity index (χ3n) is 1.84. The maximum atomic E-state index is 5.50. The molecule has 4 heteroatoms. The van der Waals surface area contributed by atoms with Crippen molar-refractivity contribution in [2.45, 2.75) is 5.92 Å². The Bertz CT molecular complexity index is 256. The molecule has 1 aliphatic heterocycles. The Morgan fingerprint density at radius 3 is 2.91 bits per heavy atom. The van der Waals surface area contributed by atoms with Crippen LogP contribution < -0.4 is 11.1 Å². The highest BCUT2D eigenvalue weighted by molar-refractivity contribution is 5.26. The molecule has 0 aromatic carbocycles. The molecular formula is C7H10N4. The lowest BCUT2D eigenvalue weighted by molar-refractivity contribution is 0.430. The summed E-state index contributed by atoms with van der Waals surface area (Å²) in [6.07, 6.45) is 1.70. The van der Waals surface area contributed by atoms with Crippen LogP contribution in [0.15, 0.2) is 12.3 Å². The van der Waals surface area contributed by atoms with E-state index in [2.05, 4.69) is 15.3 Å². The lowest BCUT2D eigenvalue weighted by atomic mass is 10.0. The van der Waals surface area contributed by atoms with Crippen molar-refractivity contribution < 1.29 is 0 Å². The summed E-state index contributed by atoms with van der Waals surface area (Å²) in [5.74, 6) is 1.89. The number of nitrogens with two attached hydrogens (primary N) is 1. The van der Waals surface area contributed by atoms with Gasteiger partial charge < -0.3 is 11.1 Å². The molecule has 1 aromatic rings. The second kappa shape index (κ2) is 2.47. The van der Waals surface area contributed by atoms with Crippen LogP contribution in [0.4, 0.5) is 5.82 Å². The van der Waals surface area contributed by atoms with Crippen molar-refractivity contribution in [3.8, 4) is 0 Å². The smallest absolute Gasteiger partial charge is 0.136 e. The predicted molar refractivity (Wildman–Crippen MR) is 42.1 cm³/mol. The lowest BCUT2D eigenvalue weighted by Crippen LogP contribution is -2.40. The van der Waals surface area contributed by atoms with E-state index in [-0.39, 0.29) is 0 Å². The summed E-state index contributed by atoms with van der Waals surface area (Å²) in [5.41, 5.74) is 5.50. The lowest BCUT2D eigenvalue weighted by Gasteiger charge is -2.25. The number of nitrogens with one attached hydrogen (secondary N) is 1. The van der Waals surface area contributed by atoms with Crippen molar-refractivity contribution in [2.24, 2.45) is 0 Å². The normalized spacial score (nSPS) is 17.8. The van der Waals surface area contributed by atoms with Gasteiger partial charge in [-0.1, -0.05) is 0 Å². The standard InChI is InChI=1S/C7H10N4/c8-6-1-2-10-7(11-6)5-3-9-4-5/h1-2,5,9H,3-4H2,(H2,8,10,11). The number of rotatable bonds is 1. The molecule has 0 bridgehead atoms. The average Bonchev–Trinajstić information content (AvgIpc) is 1.83. The van der Waals surface area contributed by atoms with E-state index in [4.69, 9.17) is 5.73 Å². The molecule has 1 aliphatic rings. The second-order valence-electron chi connectivity index (χ2n) is 2.69. The summed E-state index contributed by atoms with van der Waals surface area (Å²) < 4.78 is 0. The van der Waals surface area contributed by atoms with Gasteiger partial charge in [-0.15, -0.1) is 0 Å². The van der Waals surface area contributed by atoms with Gasteiger partial charge >= 0.3 is 0 Å². The topological polar surface area (TPSA) is 63.8 Å². The van der Waals surface area contributed by atoms with Crippen LogP contribution in [0.25, 0.3) is 0 Å². The molecule has 0 unspecified atom stereocenters. The van der Waals surface area contributed by atoms with Crippen LogP contribution in [-0.4, -0.2) is 23.1 Å². The molecule has 0 aliphatic carbocycles. The quantitative estimate of drug-likeness (QED) is 0.579. The Morgan fingerprint density at radius 2 is 2.36 bits per heavy atom. The zero-order valence-corrected chi connectivity index (χ0v) is 6.12. The SMILES string of the molecule is Nc1ccnc(C2CNC2)n1. The van der Waals surface area contributed by atoms with Gasteiger partial charge in [-0.05, 0) is 6.07 Å². The van der Waals surface area contributed by atoms with Crippen LogP contribution in [0.2, 0.25) is 0 Å². The molecule has 58 valence electrons. The molecule has 0 spiro atoms. The van der Waals surface area contributed by atoms with Gasteiger partial charge in [0, 0.05) is 25.2 Å². The molecule has 3 N–H and O–H groups in total. The third kappa shape index (κ3) is 1.17. The van der Waals surface area contributed by atoms with Crippen LogP contribution in [0.5, 0.6) is 0 Å². The van der Waals surface area contributed by atoms with Crippen molar-refractivity contribution >= 4 is 5.82 Å². The van der Waals surface area contributed by atoms with Gasteiger partial charge in [0.2, 0.25) is 0 Å². The van der Waals surface area contributed by atoms with Crippen molar-refractivity contribution in [1.29, 1.82) is 0 Å². The number of aromatic nitrogens is 2. The van der Waals surface area contributed by atoms with Crippen LogP contribution in [0.1, 0.15) is 11.7 Å². The summed E-state index contributed by atoms with van der Waals surface area (Å²) in [7, 11) is 0. The van der Waals surface area contributed by atoms with Crippen LogP contribution in [0, 0.1) is 0 Å². The van der Waals surface area contributed by atoms with Gasteiger partial charge in [0.25, 0.3) is 0 Å². The Kier molecular flexibility index (Phi) is 1.47. The van der Waals surface area contributed by atoms with Crippen molar-refractivity contribution in [2.75, 3.05) is 18.8 Å². The number of anilines is 1. The fraction of sp³-hybridized carbons (Fsp3) is 0.429. The molecule has 1 fully saturated rings. The molecule has 1 aromatic heterocycles. The molecule has 0 atom stereocenters. The fourth-order valence-corrected chi connectivity index (χ4v) is 1.06. The first-order chi connectivity index (χ1) is 5.36. The maximum absolute atomic E-state index is 5.50. The van der Waals surface area contributed by atoms with E-state index in [0.29, 0.717) is 11.7 Å². The first kappa shape index (κ1) is 6.54. The first-order valence-corrected chi connectivity index (χ1v) is 3.65. The van der Waals surface area contributed by atoms with E-state index < -0.39 is 0 Å². The predicted octanol–water partition coefficient (Wildman–Crippen LogP) is -0.254. The van der Waals surface area contributed by atoms with E-state index in [9.17, 15) is 0 Å². The van der Waals surface area contributed by atoms with Gasteiger partial charge in [0.05, 0.1) is 0 Å². The first-order valence-electron chi connectivity index (χ1n) is 3.65. The van der Waals surface area contributed by atoms with E-state index in [0.717, 1.165) is 18.9 Å². The average molecular weight is 150 g/mol. The van der Waals surface area contributed by atoms with Gasteiger partial charge in [-0.25, -0.2) is 9.97 Å². The molecule has 2 heterocycles. The Balaban J connectivity index is 2.23. The molecule has 2 rings (SSSR count). The van der Waals surface area contributed by atoms with E-state index in [1.54, 1.807) is 12.3 Å². The largest absolute Gasteiger partial charge is 0.384 e. The Hall–Kier alpha value is -1.16. The van der Waals surface area contributed by atoms with E-state index >= 15 is 0 Å². The summed E-state index contributed by atoms with van der Waals surface area (Å²) in [6, 6.07) is 1.70. The maximum Gasteiger partial charge on any atom is 0.136 e. The van der Waals surface area contributed by atoms with Gasteiger partial charge in [0.1, 0.15) is 11.6 Å². The van der Waals surface area contributed by atoms with Crippen LogP contribution in [0.3, 0.4) is 0 Å². The van der Waals surface area contributed by atoms with Gasteiger partial charge in [-0.2, -0.15) is 0 Å². The highest BCUT2D eigenvalue weighted by Gasteiger charge is 2.21. The van der Waals surface area contributed by atoms with Crippen LogP contribution in [-0.2, 0) is 0 Å². The minimum absolute atomic E-state index is 0.471. The van der Waals surface area contributed by atoms with Crippen molar-refractivity contribution in [1.82, 2.24) is 15.3 Å². The zero-order valence-electron chi connectivity index (χ0n) is 6.12. The zero-order chi connectivity index (χ0) is 7.68. The monoisotopic (exact) mass is 150 g/mol. The molecular weight excluding hydrogens is 140 g/mol. The minimum Gasteiger partial charge on any atom is -0.384 e. The van der Waals surface area contributed by atoms with Gasteiger partial charge in [-0.3, -0.25) is 0 Å². The molecule has 11 heavy (non-hydrogen) atoms. The summed E-state index contributed by atoms with van der Waals surface area (Å²) in [6.45, 7) is 1.95.